The van der Waals surface area contributed by atoms with Crippen LogP contribution in [0.4, 0.5) is 0 Å². The number of carboxylic acid groups (broad SMARTS) is 1. The van der Waals surface area contributed by atoms with Gasteiger partial charge in [-0.25, -0.2) is 0 Å². The number of thioether (sulfide) groups is 1. The molecule has 1 atom stereocenters. The van der Waals surface area contributed by atoms with Gasteiger partial charge < -0.3 is 10.4 Å². The van der Waals surface area contributed by atoms with Crippen molar-refractivity contribution in [3.8, 4) is 0 Å². The molecule has 19 heavy (non-hydrogen) atoms. The van der Waals surface area contributed by atoms with Crippen molar-refractivity contribution in [3.05, 3.63) is 28.2 Å². The summed E-state index contributed by atoms with van der Waals surface area (Å²) in [4.78, 5) is 12.0. The lowest BCUT2D eigenvalue weighted by atomic mass is 10.2. The van der Waals surface area contributed by atoms with Gasteiger partial charge >= 0.3 is 5.97 Å². The molecule has 6 heteroatoms. The van der Waals surface area contributed by atoms with Gasteiger partial charge in [-0.05, 0) is 37.0 Å². The highest BCUT2D eigenvalue weighted by molar-refractivity contribution is 7.99. The molecule has 3 nitrogen and oxygen atoms in total. The van der Waals surface area contributed by atoms with Gasteiger partial charge in [0.1, 0.15) is 6.04 Å². The molecule has 0 amide bonds. The minimum atomic E-state index is -0.756. The normalized spacial score (nSPS) is 16.3. The third kappa shape index (κ3) is 4.56. The molecule has 0 spiro atoms. The van der Waals surface area contributed by atoms with E-state index in [0.29, 0.717) is 22.5 Å². The van der Waals surface area contributed by atoms with Crippen molar-refractivity contribution in [3.63, 3.8) is 0 Å². The lowest BCUT2D eigenvalue weighted by molar-refractivity contribution is -0.140. The van der Waals surface area contributed by atoms with Crippen LogP contribution in [0, 0.1) is 5.92 Å². The fourth-order valence-electron chi connectivity index (χ4n) is 1.85. The van der Waals surface area contributed by atoms with Crippen LogP contribution in [0.3, 0.4) is 0 Å². The van der Waals surface area contributed by atoms with Crippen LogP contribution in [0.5, 0.6) is 0 Å². The summed E-state index contributed by atoms with van der Waals surface area (Å²) in [7, 11) is 0. The quantitative estimate of drug-likeness (QED) is 0.596. The molecule has 2 rings (SSSR count). The first-order valence-corrected chi connectivity index (χ1v) is 7.86. The first-order valence-electron chi connectivity index (χ1n) is 6.12. The van der Waals surface area contributed by atoms with Gasteiger partial charge in [-0.1, -0.05) is 23.2 Å². The monoisotopic (exact) mass is 319 g/mol. The van der Waals surface area contributed by atoms with E-state index >= 15 is 0 Å². The highest BCUT2D eigenvalue weighted by atomic mass is 35.5. The minimum absolute atomic E-state index is 0.303. The third-order valence-corrected chi connectivity index (χ3v) is 4.71. The van der Waals surface area contributed by atoms with E-state index in [2.05, 4.69) is 5.32 Å². The molecule has 0 bridgehead atoms. The van der Waals surface area contributed by atoms with Crippen LogP contribution in [0.2, 0.25) is 10.0 Å². The maximum atomic E-state index is 11.0. The first kappa shape index (κ1) is 15.0. The molecule has 1 aliphatic carbocycles. The molecule has 1 unspecified atom stereocenters. The number of carbonyl (C=O) groups is 1. The van der Waals surface area contributed by atoms with Crippen molar-refractivity contribution < 1.29 is 9.90 Å². The number of nitrogens with one attached hydrogen (secondary N) is 1. The molecule has 0 heterocycles. The number of rotatable bonds is 7. The van der Waals surface area contributed by atoms with Crippen LogP contribution < -0.4 is 5.32 Å². The van der Waals surface area contributed by atoms with Crippen LogP contribution >= 0.6 is 35.0 Å². The summed E-state index contributed by atoms with van der Waals surface area (Å²) in [5.41, 5.74) is 0. The lowest BCUT2D eigenvalue weighted by Gasteiger charge is -2.13. The predicted octanol–water partition coefficient (Wildman–Crippen LogP) is 3.54. The Morgan fingerprint density at radius 2 is 2.21 bits per heavy atom. The summed E-state index contributed by atoms with van der Waals surface area (Å²) in [6, 6.07) is 4.93. The molecule has 1 fully saturated rings. The molecule has 2 N–H and O–H groups in total. The first-order chi connectivity index (χ1) is 9.08. The predicted molar refractivity (Wildman–Crippen MR) is 79.3 cm³/mol. The van der Waals surface area contributed by atoms with Gasteiger partial charge in [0.05, 0.1) is 5.02 Å². The molecular weight excluding hydrogens is 305 g/mol. The van der Waals surface area contributed by atoms with Crippen molar-refractivity contribution in [2.75, 3.05) is 12.3 Å². The van der Waals surface area contributed by atoms with E-state index in [0.717, 1.165) is 23.5 Å². The van der Waals surface area contributed by atoms with E-state index < -0.39 is 12.0 Å². The van der Waals surface area contributed by atoms with E-state index in [9.17, 15) is 4.79 Å². The fraction of sp³-hybridized carbons (Fsp3) is 0.462. The Bertz CT molecular complexity index is 466. The molecule has 0 aromatic heterocycles. The zero-order chi connectivity index (χ0) is 13.8. The number of aliphatic carboxylic acids is 1. The Labute approximate surface area is 126 Å². The summed E-state index contributed by atoms with van der Waals surface area (Å²) in [5, 5.41) is 13.5. The van der Waals surface area contributed by atoms with Crippen molar-refractivity contribution in [2.24, 2.45) is 5.92 Å². The molecule has 1 aromatic carbocycles. The minimum Gasteiger partial charge on any atom is -0.480 e. The summed E-state index contributed by atoms with van der Waals surface area (Å²) in [6.07, 6.45) is 2.02. The summed E-state index contributed by atoms with van der Waals surface area (Å²) in [5.74, 6) is 0.307. The molecular formula is C13H15Cl2NO2S. The highest BCUT2D eigenvalue weighted by Gasteiger charge is 2.35. The van der Waals surface area contributed by atoms with Gasteiger partial charge in [0.25, 0.3) is 0 Å². The van der Waals surface area contributed by atoms with Crippen LogP contribution in [0.25, 0.3) is 0 Å². The number of hydrogen-bond donors (Lipinski definition) is 2. The van der Waals surface area contributed by atoms with Gasteiger partial charge in [0.2, 0.25) is 0 Å². The van der Waals surface area contributed by atoms with E-state index in [1.807, 2.05) is 6.07 Å². The standard InChI is InChI=1S/C13H15Cl2NO2S/c14-9-3-4-10(15)11(7-9)19-6-5-16-12(13(17)18)8-1-2-8/h3-4,7-8,12,16H,1-2,5-6H2,(H,17,18). The average Bonchev–Trinajstić information content (AvgIpc) is 3.17. The Morgan fingerprint density at radius 3 is 2.84 bits per heavy atom. The maximum Gasteiger partial charge on any atom is 0.320 e. The van der Waals surface area contributed by atoms with Crippen molar-refractivity contribution in [1.82, 2.24) is 5.32 Å². The maximum absolute atomic E-state index is 11.0. The molecule has 0 radical (unpaired) electrons. The average molecular weight is 320 g/mol. The zero-order valence-corrected chi connectivity index (χ0v) is 12.6. The topological polar surface area (TPSA) is 49.3 Å². The fourth-order valence-corrected chi connectivity index (χ4v) is 3.22. The summed E-state index contributed by atoms with van der Waals surface area (Å²) < 4.78 is 0. The Morgan fingerprint density at radius 1 is 1.47 bits per heavy atom. The number of halogens is 2. The van der Waals surface area contributed by atoms with Crippen LogP contribution in [0.1, 0.15) is 12.8 Å². The smallest absolute Gasteiger partial charge is 0.320 e. The van der Waals surface area contributed by atoms with Crippen LogP contribution in [-0.4, -0.2) is 29.4 Å². The number of hydrogen-bond acceptors (Lipinski definition) is 3. The third-order valence-electron chi connectivity index (χ3n) is 2.98. The highest BCUT2D eigenvalue weighted by Crippen LogP contribution is 2.33. The van der Waals surface area contributed by atoms with Gasteiger partial charge in [-0.3, -0.25) is 4.79 Å². The molecule has 104 valence electrons. The van der Waals surface area contributed by atoms with E-state index in [-0.39, 0.29) is 0 Å². The Kier molecular flexibility index (Phi) is 5.39. The van der Waals surface area contributed by atoms with Crippen molar-refractivity contribution in [1.29, 1.82) is 0 Å². The zero-order valence-electron chi connectivity index (χ0n) is 10.2. The summed E-state index contributed by atoms with van der Waals surface area (Å²) >= 11 is 13.5. The Hall–Kier alpha value is -0.420. The van der Waals surface area contributed by atoms with E-state index in [1.54, 1.807) is 23.9 Å². The molecule has 1 saturated carbocycles. The second kappa shape index (κ2) is 6.84. The van der Waals surface area contributed by atoms with Gasteiger partial charge in [-0.15, -0.1) is 11.8 Å². The van der Waals surface area contributed by atoms with E-state index in [1.165, 1.54) is 0 Å². The number of benzene rings is 1. The van der Waals surface area contributed by atoms with Crippen molar-refractivity contribution >= 4 is 40.9 Å². The molecule has 1 aliphatic rings. The van der Waals surface area contributed by atoms with Gasteiger partial charge in [0, 0.05) is 22.2 Å². The second-order valence-corrected chi connectivity index (χ2v) is 6.51. The number of carboxylic acids is 1. The van der Waals surface area contributed by atoms with E-state index in [4.69, 9.17) is 28.3 Å². The second-order valence-electron chi connectivity index (χ2n) is 4.53. The lowest BCUT2D eigenvalue weighted by Crippen LogP contribution is -2.39. The summed E-state index contributed by atoms with van der Waals surface area (Å²) in [6.45, 7) is 0.640. The Balaban J connectivity index is 1.77. The largest absolute Gasteiger partial charge is 0.480 e. The molecule has 0 saturated heterocycles. The SMILES string of the molecule is O=C(O)C(NCCSc1cc(Cl)ccc1Cl)C1CC1. The van der Waals surface area contributed by atoms with Gasteiger partial charge in [-0.2, -0.15) is 0 Å². The van der Waals surface area contributed by atoms with Crippen molar-refractivity contribution in [2.45, 2.75) is 23.8 Å². The van der Waals surface area contributed by atoms with Gasteiger partial charge in [0.15, 0.2) is 0 Å². The van der Waals surface area contributed by atoms with Crippen LogP contribution in [-0.2, 0) is 4.79 Å². The molecule has 0 aliphatic heterocycles. The van der Waals surface area contributed by atoms with Crippen LogP contribution in [0.15, 0.2) is 23.1 Å². The molecule has 1 aromatic rings.